The molecule has 6 nitrogen and oxygen atoms in total. The van der Waals surface area contributed by atoms with Gasteiger partial charge >= 0.3 is 0 Å². The Morgan fingerprint density at radius 3 is 2.11 bits per heavy atom. The number of likely N-dealkylation sites (N-methyl/N-ethyl adjacent to an activating group) is 1. The van der Waals surface area contributed by atoms with E-state index in [-0.39, 0.29) is 23.9 Å². The Morgan fingerprint density at radius 2 is 1.56 bits per heavy atom. The van der Waals surface area contributed by atoms with Gasteiger partial charge in [-0.05, 0) is 78.6 Å². The van der Waals surface area contributed by atoms with Gasteiger partial charge in [0.05, 0.1) is 13.1 Å². The predicted molar refractivity (Wildman–Crippen MR) is 110 cm³/mol. The van der Waals surface area contributed by atoms with Gasteiger partial charge in [-0.1, -0.05) is 12.8 Å². The standard InChI is InChI=1S/C21H40N4O2/c1-21(2,3)22-19(26)16-23(4)20(27)17-25-13-9-18(10-14-25)15-24-11-7-5-6-8-12-24/h18H,5-17H2,1-4H3,(H,22,26). The lowest BCUT2D eigenvalue weighted by atomic mass is 9.96. The fraction of sp³-hybridized carbons (Fsp3) is 0.905. The number of likely N-dealkylation sites (tertiary alicyclic amines) is 2. The zero-order valence-corrected chi connectivity index (χ0v) is 17.9. The van der Waals surface area contributed by atoms with Crippen molar-refractivity contribution in [1.29, 1.82) is 0 Å². The van der Waals surface area contributed by atoms with E-state index in [1.165, 1.54) is 58.2 Å². The van der Waals surface area contributed by atoms with Crippen molar-refractivity contribution in [3.63, 3.8) is 0 Å². The van der Waals surface area contributed by atoms with Crippen molar-refractivity contribution in [2.45, 2.75) is 64.8 Å². The van der Waals surface area contributed by atoms with Crippen LogP contribution in [0.2, 0.25) is 0 Å². The van der Waals surface area contributed by atoms with Crippen LogP contribution in [0, 0.1) is 5.92 Å². The van der Waals surface area contributed by atoms with E-state index in [9.17, 15) is 9.59 Å². The molecular formula is C21H40N4O2. The maximum Gasteiger partial charge on any atom is 0.240 e. The molecule has 0 spiro atoms. The molecule has 6 heteroatoms. The first-order valence-corrected chi connectivity index (χ1v) is 10.7. The van der Waals surface area contributed by atoms with Gasteiger partial charge in [-0.15, -0.1) is 0 Å². The van der Waals surface area contributed by atoms with Crippen molar-refractivity contribution in [3.05, 3.63) is 0 Å². The highest BCUT2D eigenvalue weighted by atomic mass is 16.2. The summed E-state index contributed by atoms with van der Waals surface area (Å²) in [6.07, 6.45) is 7.83. The average Bonchev–Trinajstić information content (AvgIpc) is 2.83. The van der Waals surface area contributed by atoms with E-state index >= 15 is 0 Å². The molecule has 0 saturated carbocycles. The molecule has 156 valence electrons. The molecule has 0 aromatic heterocycles. The summed E-state index contributed by atoms with van der Waals surface area (Å²) in [6.45, 7) is 12.1. The van der Waals surface area contributed by atoms with Gasteiger partial charge in [-0.25, -0.2) is 0 Å². The number of hydrogen-bond donors (Lipinski definition) is 1. The number of hydrogen-bond acceptors (Lipinski definition) is 4. The lowest BCUT2D eigenvalue weighted by molar-refractivity contribution is -0.136. The highest BCUT2D eigenvalue weighted by molar-refractivity contribution is 5.85. The zero-order chi connectivity index (χ0) is 19.9. The zero-order valence-electron chi connectivity index (χ0n) is 17.9. The summed E-state index contributed by atoms with van der Waals surface area (Å²) < 4.78 is 0. The Balaban J connectivity index is 1.66. The third kappa shape index (κ3) is 8.60. The molecular weight excluding hydrogens is 340 g/mol. The molecule has 0 atom stereocenters. The number of nitrogens with zero attached hydrogens (tertiary/aromatic N) is 3. The average molecular weight is 381 g/mol. The van der Waals surface area contributed by atoms with Crippen LogP contribution in [0.5, 0.6) is 0 Å². The van der Waals surface area contributed by atoms with E-state index in [1.807, 2.05) is 20.8 Å². The third-order valence-electron chi connectivity index (χ3n) is 5.60. The van der Waals surface area contributed by atoms with E-state index in [1.54, 1.807) is 11.9 Å². The quantitative estimate of drug-likeness (QED) is 0.765. The number of piperidine rings is 1. The number of amides is 2. The number of nitrogens with one attached hydrogen (secondary N) is 1. The molecule has 0 radical (unpaired) electrons. The Morgan fingerprint density at radius 1 is 0.963 bits per heavy atom. The smallest absolute Gasteiger partial charge is 0.240 e. The highest BCUT2D eigenvalue weighted by Gasteiger charge is 2.25. The van der Waals surface area contributed by atoms with Crippen LogP contribution in [0.15, 0.2) is 0 Å². The third-order valence-corrected chi connectivity index (χ3v) is 5.60. The van der Waals surface area contributed by atoms with Crippen LogP contribution < -0.4 is 5.32 Å². The summed E-state index contributed by atoms with van der Waals surface area (Å²) in [4.78, 5) is 30.9. The van der Waals surface area contributed by atoms with Crippen LogP contribution in [-0.4, -0.2) is 84.9 Å². The molecule has 2 fully saturated rings. The van der Waals surface area contributed by atoms with Crippen LogP contribution in [0.3, 0.4) is 0 Å². The maximum atomic E-state index is 12.4. The van der Waals surface area contributed by atoms with Gasteiger partial charge < -0.3 is 15.1 Å². The first kappa shape index (κ1) is 22.2. The molecule has 2 saturated heterocycles. The van der Waals surface area contributed by atoms with Crippen LogP contribution in [0.4, 0.5) is 0 Å². The number of carbonyl (C=O) groups is 2. The molecule has 0 aliphatic carbocycles. The minimum atomic E-state index is -0.268. The molecule has 0 bridgehead atoms. The molecule has 2 heterocycles. The van der Waals surface area contributed by atoms with Crippen LogP contribution in [-0.2, 0) is 9.59 Å². The summed E-state index contributed by atoms with van der Waals surface area (Å²) >= 11 is 0. The van der Waals surface area contributed by atoms with Gasteiger partial charge in [-0.2, -0.15) is 0 Å². The van der Waals surface area contributed by atoms with Crippen LogP contribution >= 0.6 is 0 Å². The van der Waals surface area contributed by atoms with E-state index < -0.39 is 0 Å². The van der Waals surface area contributed by atoms with E-state index in [2.05, 4.69) is 15.1 Å². The van der Waals surface area contributed by atoms with Crippen molar-refractivity contribution in [2.24, 2.45) is 5.92 Å². The molecule has 0 aromatic rings. The topological polar surface area (TPSA) is 55.9 Å². The minimum Gasteiger partial charge on any atom is -0.350 e. The maximum absolute atomic E-state index is 12.4. The number of rotatable bonds is 6. The van der Waals surface area contributed by atoms with Crippen molar-refractivity contribution in [3.8, 4) is 0 Å². The minimum absolute atomic E-state index is 0.0324. The molecule has 2 aliphatic heterocycles. The molecule has 0 aromatic carbocycles. The lowest BCUT2D eigenvalue weighted by Crippen LogP contribution is -2.48. The molecule has 2 aliphatic rings. The molecule has 1 N–H and O–H groups in total. The van der Waals surface area contributed by atoms with Gasteiger partial charge in [-0.3, -0.25) is 14.5 Å². The number of carbonyl (C=O) groups excluding carboxylic acids is 2. The molecule has 27 heavy (non-hydrogen) atoms. The van der Waals surface area contributed by atoms with Crippen molar-refractivity contribution in [2.75, 3.05) is 52.9 Å². The largest absolute Gasteiger partial charge is 0.350 e. The second kappa shape index (κ2) is 10.4. The predicted octanol–water partition coefficient (Wildman–Crippen LogP) is 1.95. The second-order valence-corrected chi connectivity index (χ2v) is 9.48. The fourth-order valence-corrected chi connectivity index (χ4v) is 4.08. The highest BCUT2D eigenvalue weighted by Crippen LogP contribution is 2.20. The first-order valence-electron chi connectivity index (χ1n) is 10.7. The first-order chi connectivity index (χ1) is 12.7. The van der Waals surface area contributed by atoms with E-state index in [0.29, 0.717) is 6.54 Å². The van der Waals surface area contributed by atoms with Crippen molar-refractivity contribution >= 4 is 11.8 Å². The Bertz CT molecular complexity index is 473. The Labute approximate surface area is 165 Å². The molecule has 0 unspecified atom stereocenters. The van der Waals surface area contributed by atoms with Gasteiger partial charge in [0.15, 0.2) is 0 Å². The summed E-state index contributed by atoms with van der Waals surface area (Å²) in [5.74, 6) is 0.698. The Kier molecular flexibility index (Phi) is 8.55. The van der Waals surface area contributed by atoms with Gasteiger partial charge in [0, 0.05) is 19.1 Å². The van der Waals surface area contributed by atoms with Gasteiger partial charge in [0.2, 0.25) is 11.8 Å². The summed E-state index contributed by atoms with van der Waals surface area (Å²) in [6, 6.07) is 0. The van der Waals surface area contributed by atoms with Gasteiger partial charge in [0.1, 0.15) is 0 Å². The van der Waals surface area contributed by atoms with Crippen molar-refractivity contribution < 1.29 is 9.59 Å². The SMILES string of the molecule is CN(CC(=O)NC(C)(C)C)C(=O)CN1CCC(CN2CCCCCC2)CC1. The van der Waals surface area contributed by atoms with Crippen molar-refractivity contribution in [1.82, 2.24) is 20.0 Å². The Hall–Kier alpha value is -1.14. The van der Waals surface area contributed by atoms with E-state index in [0.717, 1.165) is 19.0 Å². The second-order valence-electron chi connectivity index (χ2n) is 9.48. The normalized spacial score (nSPS) is 20.9. The van der Waals surface area contributed by atoms with Crippen LogP contribution in [0.1, 0.15) is 59.3 Å². The summed E-state index contributed by atoms with van der Waals surface area (Å²) in [7, 11) is 1.72. The summed E-state index contributed by atoms with van der Waals surface area (Å²) in [5.41, 5.74) is -0.268. The van der Waals surface area contributed by atoms with E-state index in [4.69, 9.17) is 0 Å². The molecule has 2 rings (SSSR count). The van der Waals surface area contributed by atoms with Crippen LogP contribution in [0.25, 0.3) is 0 Å². The van der Waals surface area contributed by atoms with Gasteiger partial charge in [0.25, 0.3) is 0 Å². The summed E-state index contributed by atoms with van der Waals surface area (Å²) in [5, 5.41) is 2.91. The molecule has 2 amide bonds. The fourth-order valence-electron chi connectivity index (χ4n) is 4.08. The lowest BCUT2D eigenvalue weighted by Gasteiger charge is -2.35. The monoisotopic (exact) mass is 380 g/mol.